The number of amides is 2. The van der Waals surface area contributed by atoms with E-state index in [0.29, 0.717) is 4.88 Å². The number of para-hydroxylation sites is 2. The van der Waals surface area contributed by atoms with Gasteiger partial charge < -0.3 is 14.8 Å². The first-order valence-corrected chi connectivity index (χ1v) is 11.3. The van der Waals surface area contributed by atoms with Crippen molar-refractivity contribution in [1.29, 1.82) is 0 Å². The normalized spacial score (nSPS) is 12.0. The summed E-state index contributed by atoms with van der Waals surface area (Å²) in [6, 6.07) is 20.7. The fraction of sp³-hybridized carbons (Fsp3) is 0.174. The van der Waals surface area contributed by atoms with Gasteiger partial charge in [0.15, 0.2) is 0 Å². The molecule has 2 aromatic heterocycles. The molecule has 0 radical (unpaired) electrons. The zero-order valence-corrected chi connectivity index (χ0v) is 19.5. The molecule has 0 saturated carbocycles. The van der Waals surface area contributed by atoms with Crippen LogP contribution in [0.2, 0.25) is 0 Å². The van der Waals surface area contributed by atoms with Crippen molar-refractivity contribution in [3.63, 3.8) is 0 Å². The second-order valence-corrected chi connectivity index (χ2v) is 9.66. The number of carbonyl (C=O) groups excluding carboxylic acids is 2. The van der Waals surface area contributed by atoms with E-state index >= 15 is 0 Å². The van der Waals surface area contributed by atoms with Crippen LogP contribution in [0.25, 0.3) is 11.0 Å². The number of thiophene rings is 1. The third kappa shape index (κ3) is 4.55. The highest BCUT2D eigenvalue weighted by Gasteiger charge is 2.24. The van der Waals surface area contributed by atoms with Crippen molar-refractivity contribution < 1.29 is 9.59 Å². The van der Waals surface area contributed by atoms with Crippen LogP contribution in [0.1, 0.15) is 27.1 Å². The number of halogens is 1. The van der Waals surface area contributed by atoms with E-state index in [9.17, 15) is 9.59 Å². The van der Waals surface area contributed by atoms with E-state index in [2.05, 4.69) is 21.2 Å². The lowest BCUT2D eigenvalue weighted by molar-refractivity contribution is -0.122. The average Bonchev–Trinajstić information content (AvgIpc) is 3.35. The molecule has 0 aliphatic carbocycles. The number of aromatic nitrogens is 2. The largest absolute Gasteiger partial charge is 0.341 e. The maximum absolute atomic E-state index is 12.9. The molecule has 1 unspecified atom stereocenters. The van der Waals surface area contributed by atoms with Crippen molar-refractivity contribution in [1.82, 2.24) is 19.8 Å². The molecule has 0 saturated heterocycles. The second kappa shape index (κ2) is 9.03. The Morgan fingerprint density at radius 3 is 2.48 bits per heavy atom. The van der Waals surface area contributed by atoms with Gasteiger partial charge >= 0.3 is 0 Å². The molecule has 4 aromatic rings. The molecule has 0 aliphatic rings. The van der Waals surface area contributed by atoms with Gasteiger partial charge in [-0.1, -0.05) is 42.5 Å². The van der Waals surface area contributed by atoms with Crippen LogP contribution in [0.15, 0.2) is 70.5 Å². The molecule has 0 aliphatic heterocycles. The molecule has 158 valence electrons. The van der Waals surface area contributed by atoms with Crippen molar-refractivity contribution >= 4 is 50.1 Å². The summed E-state index contributed by atoms with van der Waals surface area (Å²) in [5.41, 5.74) is 2.78. The summed E-state index contributed by atoms with van der Waals surface area (Å²) in [5, 5.41) is 3.07. The lowest BCUT2D eigenvalue weighted by Crippen LogP contribution is -2.40. The fourth-order valence-corrected chi connectivity index (χ4v) is 4.86. The van der Waals surface area contributed by atoms with Crippen LogP contribution in [-0.2, 0) is 11.8 Å². The monoisotopic (exact) mass is 496 g/mol. The molecule has 0 spiro atoms. The maximum atomic E-state index is 12.9. The van der Waals surface area contributed by atoms with Crippen LogP contribution in [0.3, 0.4) is 0 Å². The Hall–Kier alpha value is -2.97. The summed E-state index contributed by atoms with van der Waals surface area (Å²) in [7, 11) is 3.57. The predicted molar refractivity (Wildman–Crippen MR) is 126 cm³/mol. The van der Waals surface area contributed by atoms with E-state index in [1.165, 1.54) is 16.2 Å². The number of carbonyl (C=O) groups is 2. The van der Waals surface area contributed by atoms with Crippen LogP contribution < -0.4 is 5.32 Å². The van der Waals surface area contributed by atoms with Gasteiger partial charge in [-0.05, 0) is 45.8 Å². The SMILES string of the molecule is CN(CC(=O)NC(c1ccccc1)c1nc2ccccc2n1C)C(=O)c1ccc(Br)s1. The molecule has 6 nitrogen and oxygen atoms in total. The zero-order chi connectivity index (χ0) is 22.0. The van der Waals surface area contributed by atoms with Crippen molar-refractivity contribution in [2.45, 2.75) is 6.04 Å². The number of imidazole rings is 1. The molecular formula is C23H21BrN4O2S. The lowest BCUT2D eigenvalue weighted by atomic mass is 10.1. The first-order valence-electron chi connectivity index (χ1n) is 9.70. The summed E-state index contributed by atoms with van der Waals surface area (Å²) >= 11 is 4.71. The van der Waals surface area contributed by atoms with Gasteiger partial charge in [0.1, 0.15) is 11.9 Å². The van der Waals surface area contributed by atoms with Gasteiger partial charge in [0.2, 0.25) is 5.91 Å². The summed E-state index contributed by atoms with van der Waals surface area (Å²) in [6.45, 7) is -0.0539. The standard InChI is InChI=1S/C23H21BrN4O2S/c1-27(23(30)18-12-13-19(24)31-18)14-20(29)26-21(15-8-4-3-5-9-15)22-25-16-10-6-7-11-17(16)28(22)2/h3-13,21H,14H2,1-2H3,(H,26,29). The minimum Gasteiger partial charge on any atom is -0.341 e. The summed E-state index contributed by atoms with van der Waals surface area (Å²) in [6.07, 6.45) is 0. The smallest absolute Gasteiger partial charge is 0.264 e. The molecular weight excluding hydrogens is 476 g/mol. The highest BCUT2D eigenvalue weighted by molar-refractivity contribution is 9.11. The van der Waals surface area contributed by atoms with Crippen LogP contribution in [0.4, 0.5) is 0 Å². The fourth-order valence-electron chi connectivity index (χ4n) is 3.48. The van der Waals surface area contributed by atoms with E-state index in [0.717, 1.165) is 26.2 Å². The van der Waals surface area contributed by atoms with E-state index in [-0.39, 0.29) is 18.4 Å². The lowest BCUT2D eigenvalue weighted by Gasteiger charge is -2.22. The Morgan fingerprint density at radius 1 is 1.10 bits per heavy atom. The highest BCUT2D eigenvalue weighted by atomic mass is 79.9. The molecule has 2 heterocycles. The predicted octanol–water partition coefficient (Wildman–Crippen LogP) is 4.38. The van der Waals surface area contributed by atoms with Crippen LogP contribution in [0, 0.1) is 0 Å². The topological polar surface area (TPSA) is 67.2 Å². The van der Waals surface area contributed by atoms with Gasteiger partial charge in [-0.2, -0.15) is 0 Å². The number of likely N-dealkylation sites (N-methyl/N-ethyl adjacent to an activating group) is 1. The average molecular weight is 497 g/mol. The molecule has 0 bridgehead atoms. The Bertz CT molecular complexity index is 1230. The number of nitrogens with zero attached hydrogens (tertiary/aromatic N) is 3. The van der Waals surface area contributed by atoms with Gasteiger partial charge in [-0.15, -0.1) is 11.3 Å². The van der Waals surface area contributed by atoms with E-state index < -0.39 is 6.04 Å². The van der Waals surface area contributed by atoms with Crippen LogP contribution in [0.5, 0.6) is 0 Å². The van der Waals surface area contributed by atoms with Gasteiger partial charge in [-0.3, -0.25) is 9.59 Å². The molecule has 4 rings (SSSR count). The number of nitrogens with one attached hydrogen (secondary N) is 1. The molecule has 2 amide bonds. The Labute approximate surface area is 192 Å². The summed E-state index contributed by atoms with van der Waals surface area (Å²) in [5.74, 6) is 0.286. The Morgan fingerprint density at radius 2 is 1.81 bits per heavy atom. The molecule has 2 aromatic carbocycles. The van der Waals surface area contributed by atoms with Gasteiger partial charge in [0, 0.05) is 14.1 Å². The van der Waals surface area contributed by atoms with Gasteiger partial charge in [0.05, 0.1) is 26.2 Å². The quantitative estimate of drug-likeness (QED) is 0.430. The van der Waals surface area contributed by atoms with E-state index in [1.807, 2.05) is 72.3 Å². The first-order chi connectivity index (χ1) is 14.9. The number of benzene rings is 2. The molecule has 8 heteroatoms. The molecule has 1 atom stereocenters. The zero-order valence-electron chi connectivity index (χ0n) is 17.1. The van der Waals surface area contributed by atoms with Gasteiger partial charge in [-0.25, -0.2) is 4.98 Å². The number of aryl methyl sites for hydroxylation is 1. The van der Waals surface area contributed by atoms with E-state index in [4.69, 9.17) is 4.98 Å². The third-order valence-electron chi connectivity index (χ3n) is 5.03. The van der Waals surface area contributed by atoms with Gasteiger partial charge in [0.25, 0.3) is 5.91 Å². The van der Waals surface area contributed by atoms with E-state index in [1.54, 1.807) is 13.1 Å². The number of hydrogen-bond donors (Lipinski definition) is 1. The Kier molecular flexibility index (Phi) is 6.20. The molecule has 0 fully saturated rings. The molecule has 31 heavy (non-hydrogen) atoms. The number of fused-ring (bicyclic) bond motifs is 1. The minimum atomic E-state index is -0.439. The molecule has 1 N–H and O–H groups in total. The number of hydrogen-bond acceptors (Lipinski definition) is 4. The Balaban J connectivity index is 1.58. The van der Waals surface area contributed by atoms with Crippen LogP contribution >= 0.6 is 27.3 Å². The van der Waals surface area contributed by atoms with Crippen molar-refractivity contribution in [2.24, 2.45) is 7.05 Å². The van der Waals surface area contributed by atoms with Crippen LogP contribution in [-0.4, -0.2) is 39.9 Å². The second-order valence-electron chi connectivity index (χ2n) is 7.19. The minimum absolute atomic E-state index is 0.0539. The summed E-state index contributed by atoms with van der Waals surface area (Å²) < 4.78 is 2.87. The van der Waals surface area contributed by atoms with Crippen molar-refractivity contribution in [2.75, 3.05) is 13.6 Å². The maximum Gasteiger partial charge on any atom is 0.264 e. The highest BCUT2D eigenvalue weighted by Crippen LogP contribution is 2.25. The third-order valence-corrected chi connectivity index (χ3v) is 6.64. The number of rotatable bonds is 6. The first kappa shape index (κ1) is 21.3. The summed E-state index contributed by atoms with van der Waals surface area (Å²) in [4.78, 5) is 32.3. The van der Waals surface area contributed by atoms with Crippen molar-refractivity contribution in [3.05, 3.63) is 86.8 Å². The van der Waals surface area contributed by atoms with Crippen molar-refractivity contribution in [3.8, 4) is 0 Å².